The highest BCUT2D eigenvalue weighted by atomic mass is 16.5. The van der Waals surface area contributed by atoms with E-state index >= 15 is 0 Å². The predicted octanol–water partition coefficient (Wildman–Crippen LogP) is 3.69. The first-order chi connectivity index (χ1) is 15.3. The highest BCUT2D eigenvalue weighted by Crippen LogP contribution is 2.30. The van der Waals surface area contributed by atoms with Gasteiger partial charge in [0, 0.05) is 23.3 Å². The summed E-state index contributed by atoms with van der Waals surface area (Å²) in [5, 5.41) is 12.0. The first-order valence-corrected chi connectivity index (χ1v) is 10.4. The third-order valence-corrected chi connectivity index (χ3v) is 5.68. The van der Waals surface area contributed by atoms with E-state index in [9.17, 15) is 0 Å². The maximum Gasteiger partial charge on any atom is 0.138 e. The molecule has 0 atom stereocenters. The van der Waals surface area contributed by atoms with Crippen molar-refractivity contribution in [1.29, 1.82) is 0 Å². The third-order valence-electron chi connectivity index (χ3n) is 5.68. The Morgan fingerprint density at radius 3 is 2.77 bits per heavy atom. The number of aromatic nitrogens is 6. The minimum absolute atomic E-state index is 0.228. The fourth-order valence-corrected chi connectivity index (χ4v) is 4.08. The maximum absolute atomic E-state index is 6.16. The van der Waals surface area contributed by atoms with Crippen LogP contribution in [0.5, 0.6) is 5.75 Å². The molecule has 6 rings (SSSR count). The third kappa shape index (κ3) is 3.40. The number of fused-ring (bicyclic) bond motifs is 2. The van der Waals surface area contributed by atoms with Crippen molar-refractivity contribution in [2.24, 2.45) is 0 Å². The standard InChI is InChI=1S/C23H21N7O/c1-2-19-22(23(30-29-19)20-10-14-3-6-25-13-21(14)27-20)28-18(1)15-9-17(12-26-11-15)31-16-4-7-24-8-5-16/h1-3,6,9-13,16,24,27H,4-5,7-8H2,(H,29,30). The van der Waals surface area contributed by atoms with Crippen LogP contribution in [0.15, 0.2) is 55.1 Å². The Balaban J connectivity index is 1.36. The lowest BCUT2D eigenvalue weighted by Gasteiger charge is -2.23. The quantitative estimate of drug-likeness (QED) is 0.417. The van der Waals surface area contributed by atoms with Gasteiger partial charge in [0.25, 0.3) is 0 Å². The van der Waals surface area contributed by atoms with Gasteiger partial charge in [0.05, 0.1) is 34.8 Å². The van der Waals surface area contributed by atoms with Crippen molar-refractivity contribution in [1.82, 2.24) is 35.5 Å². The van der Waals surface area contributed by atoms with Crippen molar-refractivity contribution in [3.8, 4) is 28.4 Å². The Bertz CT molecular complexity index is 1330. The molecule has 1 aliphatic heterocycles. The lowest BCUT2D eigenvalue weighted by atomic mass is 10.1. The highest BCUT2D eigenvalue weighted by molar-refractivity contribution is 5.94. The Kier molecular flexibility index (Phi) is 4.35. The molecule has 0 radical (unpaired) electrons. The van der Waals surface area contributed by atoms with Gasteiger partial charge in [0.1, 0.15) is 23.1 Å². The number of hydrogen-bond donors (Lipinski definition) is 3. The summed E-state index contributed by atoms with van der Waals surface area (Å²) < 4.78 is 6.16. The van der Waals surface area contributed by atoms with Crippen LogP contribution < -0.4 is 10.1 Å². The fourth-order valence-electron chi connectivity index (χ4n) is 4.08. The number of hydrogen-bond acceptors (Lipinski definition) is 6. The van der Waals surface area contributed by atoms with Crippen molar-refractivity contribution in [3.63, 3.8) is 0 Å². The van der Waals surface area contributed by atoms with Crippen LogP contribution in [-0.4, -0.2) is 49.3 Å². The van der Waals surface area contributed by atoms with Crippen molar-refractivity contribution < 1.29 is 4.74 Å². The molecule has 154 valence electrons. The van der Waals surface area contributed by atoms with E-state index < -0.39 is 0 Å². The molecule has 8 nitrogen and oxygen atoms in total. The summed E-state index contributed by atoms with van der Waals surface area (Å²) >= 11 is 0. The summed E-state index contributed by atoms with van der Waals surface area (Å²) in [5.74, 6) is 0.779. The maximum atomic E-state index is 6.16. The van der Waals surface area contributed by atoms with E-state index in [2.05, 4.69) is 36.5 Å². The smallest absolute Gasteiger partial charge is 0.138 e. The van der Waals surface area contributed by atoms with E-state index in [-0.39, 0.29) is 6.10 Å². The minimum Gasteiger partial charge on any atom is -0.489 e. The van der Waals surface area contributed by atoms with E-state index in [0.29, 0.717) is 0 Å². The number of piperidine rings is 1. The van der Waals surface area contributed by atoms with Gasteiger partial charge in [-0.3, -0.25) is 15.1 Å². The predicted molar refractivity (Wildman–Crippen MR) is 119 cm³/mol. The number of pyridine rings is 3. The zero-order valence-corrected chi connectivity index (χ0v) is 16.8. The first kappa shape index (κ1) is 18.0. The van der Waals surface area contributed by atoms with Crippen molar-refractivity contribution >= 4 is 21.9 Å². The molecule has 31 heavy (non-hydrogen) atoms. The van der Waals surface area contributed by atoms with E-state index in [1.807, 2.05) is 36.7 Å². The highest BCUT2D eigenvalue weighted by Gasteiger charge is 2.16. The molecule has 3 N–H and O–H groups in total. The van der Waals surface area contributed by atoms with Crippen LogP contribution in [0, 0.1) is 0 Å². The Morgan fingerprint density at radius 2 is 1.87 bits per heavy atom. The SMILES string of the molecule is c1cc2cc(-c3n[nH]c4ccc(-c5cncc(OC6CCNCC6)c5)nc34)[nH]c2cn1. The van der Waals surface area contributed by atoms with E-state index in [1.165, 1.54) is 0 Å². The second kappa shape index (κ2) is 7.48. The number of aromatic amines is 2. The van der Waals surface area contributed by atoms with Gasteiger partial charge in [0.2, 0.25) is 0 Å². The van der Waals surface area contributed by atoms with Crippen LogP contribution in [0.2, 0.25) is 0 Å². The van der Waals surface area contributed by atoms with Gasteiger partial charge >= 0.3 is 0 Å². The second-order valence-electron chi connectivity index (χ2n) is 7.79. The van der Waals surface area contributed by atoms with Crippen molar-refractivity contribution in [2.45, 2.75) is 18.9 Å². The summed E-state index contributed by atoms with van der Waals surface area (Å²) in [6.45, 7) is 1.98. The average Bonchev–Trinajstić information content (AvgIpc) is 3.43. The molecule has 0 amide bonds. The van der Waals surface area contributed by atoms with Crippen LogP contribution >= 0.6 is 0 Å². The summed E-state index contributed by atoms with van der Waals surface area (Å²) in [6, 6.07) is 10.0. The molecule has 8 heteroatoms. The zero-order chi connectivity index (χ0) is 20.6. The second-order valence-corrected chi connectivity index (χ2v) is 7.79. The monoisotopic (exact) mass is 411 g/mol. The van der Waals surface area contributed by atoms with Gasteiger partial charge < -0.3 is 15.0 Å². The van der Waals surface area contributed by atoms with Crippen molar-refractivity contribution in [3.05, 3.63) is 55.1 Å². The molecule has 0 spiro atoms. The first-order valence-electron chi connectivity index (χ1n) is 10.4. The molecule has 0 saturated carbocycles. The Labute approximate surface area is 178 Å². The Morgan fingerprint density at radius 1 is 0.935 bits per heavy atom. The van der Waals surface area contributed by atoms with Gasteiger partial charge in [-0.2, -0.15) is 5.10 Å². The summed E-state index contributed by atoms with van der Waals surface area (Å²) in [6.07, 6.45) is 9.42. The molecule has 5 aromatic heterocycles. The van der Waals surface area contributed by atoms with E-state index in [0.717, 1.165) is 76.3 Å². The number of nitrogens with zero attached hydrogens (tertiary/aromatic N) is 4. The molecule has 0 unspecified atom stereocenters. The van der Waals surface area contributed by atoms with Crippen molar-refractivity contribution in [2.75, 3.05) is 13.1 Å². The topological polar surface area (TPSA) is 104 Å². The van der Waals surface area contributed by atoms with E-state index in [4.69, 9.17) is 9.72 Å². The largest absolute Gasteiger partial charge is 0.489 e. The molecular formula is C23H21N7O. The van der Waals surface area contributed by atoms with Crippen LogP contribution in [-0.2, 0) is 0 Å². The molecular weight excluding hydrogens is 390 g/mol. The average molecular weight is 411 g/mol. The van der Waals surface area contributed by atoms with Crippen LogP contribution in [0.1, 0.15) is 12.8 Å². The number of rotatable bonds is 4. The molecule has 0 aromatic carbocycles. The zero-order valence-electron chi connectivity index (χ0n) is 16.8. The molecule has 1 aliphatic rings. The van der Waals surface area contributed by atoms with Crippen LogP contribution in [0.25, 0.3) is 44.6 Å². The number of nitrogens with one attached hydrogen (secondary N) is 3. The molecule has 0 aliphatic carbocycles. The molecule has 0 bridgehead atoms. The van der Waals surface area contributed by atoms with Crippen LogP contribution in [0.4, 0.5) is 0 Å². The Hall–Kier alpha value is -3.78. The lowest BCUT2D eigenvalue weighted by molar-refractivity contribution is 0.162. The molecule has 5 aromatic rings. The van der Waals surface area contributed by atoms with E-state index in [1.54, 1.807) is 12.4 Å². The fraction of sp³-hybridized carbons (Fsp3) is 0.217. The normalized spacial score (nSPS) is 15.0. The summed E-state index contributed by atoms with van der Waals surface area (Å²) in [7, 11) is 0. The number of ether oxygens (including phenoxy) is 1. The van der Waals surface area contributed by atoms with Gasteiger partial charge in [0.15, 0.2) is 0 Å². The molecule has 6 heterocycles. The van der Waals surface area contributed by atoms with Gasteiger partial charge in [-0.25, -0.2) is 4.98 Å². The summed E-state index contributed by atoms with van der Waals surface area (Å²) in [4.78, 5) is 16.8. The van der Waals surface area contributed by atoms with Crippen LogP contribution in [0.3, 0.4) is 0 Å². The van der Waals surface area contributed by atoms with Gasteiger partial charge in [-0.05, 0) is 56.3 Å². The number of H-pyrrole nitrogens is 2. The minimum atomic E-state index is 0.228. The summed E-state index contributed by atoms with van der Waals surface area (Å²) in [5.41, 5.74) is 6.09. The van der Waals surface area contributed by atoms with Gasteiger partial charge in [-0.1, -0.05) is 0 Å². The molecule has 1 fully saturated rings. The molecule has 1 saturated heterocycles. The van der Waals surface area contributed by atoms with Gasteiger partial charge in [-0.15, -0.1) is 0 Å². The lowest BCUT2D eigenvalue weighted by Crippen LogP contribution is -2.34.